The van der Waals surface area contributed by atoms with E-state index in [1.807, 2.05) is 50.2 Å². The average Bonchev–Trinajstić information content (AvgIpc) is 3.13. The monoisotopic (exact) mass is 386 g/mol. The second-order valence-corrected chi connectivity index (χ2v) is 6.90. The molecule has 7 heteroatoms. The number of halogens is 1. The summed E-state index contributed by atoms with van der Waals surface area (Å²) in [4.78, 5) is 6.57. The van der Waals surface area contributed by atoms with Crippen LogP contribution in [-0.2, 0) is 19.6 Å². The van der Waals surface area contributed by atoms with Crippen LogP contribution in [0.15, 0.2) is 41.4 Å². The lowest BCUT2D eigenvalue weighted by Crippen LogP contribution is -2.36. The molecular formula is C21H27FN4O2. The SMILES string of the molecule is CCNC(=NCc1ccc(F)c(CN(C)C)c1)NCc1ccc2c(c1)OCO2. The summed E-state index contributed by atoms with van der Waals surface area (Å²) in [5.74, 6) is 2.06. The Morgan fingerprint density at radius 3 is 2.64 bits per heavy atom. The summed E-state index contributed by atoms with van der Waals surface area (Å²) in [6.45, 7) is 4.68. The van der Waals surface area contributed by atoms with Crippen LogP contribution in [0.3, 0.4) is 0 Å². The molecule has 0 aliphatic carbocycles. The third kappa shape index (κ3) is 5.36. The van der Waals surface area contributed by atoms with E-state index in [4.69, 9.17) is 9.47 Å². The topological polar surface area (TPSA) is 58.1 Å². The molecule has 1 aliphatic rings. The molecular weight excluding hydrogens is 359 g/mol. The molecule has 2 N–H and O–H groups in total. The maximum absolute atomic E-state index is 13.9. The molecule has 1 aliphatic heterocycles. The van der Waals surface area contributed by atoms with E-state index in [-0.39, 0.29) is 12.6 Å². The smallest absolute Gasteiger partial charge is 0.231 e. The number of benzene rings is 2. The van der Waals surface area contributed by atoms with Crippen molar-refractivity contribution in [3.05, 3.63) is 58.9 Å². The summed E-state index contributed by atoms with van der Waals surface area (Å²) < 4.78 is 24.7. The molecule has 0 aromatic heterocycles. The molecule has 6 nitrogen and oxygen atoms in total. The highest BCUT2D eigenvalue weighted by molar-refractivity contribution is 5.79. The molecule has 2 aromatic carbocycles. The molecule has 1 heterocycles. The molecule has 2 aromatic rings. The Morgan fingerprint density at radius 2 is 1.86 bits per heavy atom. The van der Waals surface area contributed by atoms with Gasteiger partial charge in [0.05, 0.1) is 6.54 Å². The molecule has 3 rings (SSSR count). The van der Waals surface area contributed by atoms with Gasteiger partial charge in [0.2, 0.25) is 6.79 Å². The van der Waals surface area contributed by atoms with Gasteiger partial charge in [-0.1, -0.05) is 12.1 Å². The molecule has 0 saturated carbocycles. The van der Waals surface area contributed by atoms with Crippen molar-refractivity contribution in [3.8, 4) is 11.5 Å². The summed E-state index contributed by atoms with van der Waals surface area (Å²) in [6.07, 6.45) is 0. The van der Waals surface area contributed by atoms with Gasteiger partial charge < -0.3 is 25.0 Å². The van der Waals surface area contributed by atoms with Gasteiger partial charge in [0.25, 0.3) is 0 Å². The second-order valence-electron chi connectivity index (χ2n) is 6.90. The van der Waals surface area contributed by atoms with Crippen molar-refractivity contribution in [2.75, 3.05) is 27.4 Å². The summed E-state index contributed by atoms with van der Waals surface area (Å²) in [5, 5.41) is 6.55. The summed E-state index contributed by atoms with van der Waals surface area (Å²) >= 11 is 0. The van der Waals surface area contributed by atoms with Gasteiger partial charge in [-0.05, 0) is 56.4 Å². The molecule has 0 fully saturated rings. The fraction of sp³-hybridized carbons (Fsp3) is 0.381. The van der Waals surface area contributed by atoms with Crippen molar-refractivity contribution in [2.45, 2.75) is 26.6 Å². The fourth-order valence-electron chi connectivity index (χ4n) is 2.94. The van der Waals surface area contributed by atoms with Crippen LogP contribution in [-0.4, -0.2) is 38.3 Å². The van der Waals surface area contributed by atoms with Crippen LogP contribution < -0.4 is 20.1 Å². The predicted molar refractivity (Wildman–Crippen MR) is 108 cm³/mol. The first-order valence-corrected chi connectivity index (χ1v) is 9.38. The molecule has 0 bridgehead atoms. The molecule has 0 spiro atoms. The maximum atomic E-state index is 13.9. The standard InChI is InChI=1S/C21H27FN4O2/c1-4-23-21(25-12-16-6-8-19-20(10-16)28-14-27-19)24-11-15-5-7-18(22)17(9-15)13-26(2)3/h5-10H,4,11-14H2,1-3H3,(H2,23,24,25). The summed E-state index contributed by atoms with van der Waals surface area (Å²) in [7, 11) is 3.85. The lowest BCUT2D eigenvalue weighted by molar-refractivity contribution is 0.174. The molecule has 0 unspecified atom stereocenters. The number of ether oxygens (including phenoxy) is 2. The molecule has 0 atom stereocenters. The Labute approximate surface area is 165 Å². The summed E-state index contributed by atoms with van der Waals surface area (Å²) in [6, 6.07) is 11.0. The average molecular weight is 386 g/mol. The minimum absolute atomic E-state index is 0.186. The van der Waals surface area contributed by atoms with Gasteiger partial charge in [0, 0.05) is 25.2 Å². The normalized spacial score (nSPS) is 13.1. The van der Waals surface area contributed by atoms with Crippen LogP contribution in [0.25, 0.3) is 0 Å². The van der Waals surface area contributed by atoms with E-state index in [1.54, 1.807) is 6.07 Å². The van der Waals surface area contributed by atoms with Crippen molar-refractivity contribution < 1.29 is 13.9 Å². The Morgan fingerprint density at radius 1 is 1.07 bits per heavy atom. The predicted octanol–water partition coefficient (Wildman–Crippen LogP) is 2.87. The number of aliphatic imine (C=N–C) groups is 1. The van der Waals surface area contributed by atoms with Gasteiger partial charge in [-0.15, -0.1) is 0 Å². The van der Waals surface area contributed by atoms with Crippen molar-refractivity contribution >= 4 is 5.96 Å². The first kappa shape index (κ1) is 19.9. The van der Waals surface area contributed by atoms with E-state index in [2.05, 4.69) is 15.6 Å². The number of rotatable bonds is 7. The van der Waals surface area contributed by atoms with Crippen LogP contribution in [0, 0.1) is 5.82 Å². The Balaban J connectivity index is 1.64. The van der Waals surface area contributed by atoms with E-state index in [0.717, 1.165) is 29.2 Å². The number of hydrogen-bond donors (Lipinski definition) is 2. The van der Waals surface area contributed by atoms with Gasteiger partial charge in [-0.3, -0.25) is 0 Å². The zero-order chi connectivity index (χ0) is 19.9. The van der Waals surface area contributed by atoms with Crippen molar-refractivity contribution in [1.29, 1.82) is 0 Å². The highest BCUT2D eigenvalue weighted by Gasteiger charge is 2.13. The minimum Gasteiger partial charge on any atom is -0.454 e. The number of nitrogens with one attached hydrogen (secondary N) is 2. The summed E-state index contributed by atoms with van der Waals surface area (Å²) in [5.41, 5.74) is 2.72. The largest absolute Gasteiger partial charge is 0.454 e. The van der Waals surface area contributed by atoms with Crippen LogP contribution in [0.1, 0.15) is 23.6 Å². The third-order valence-electron chi connectivity index (χ3n) is 4.26. The highest BCUT2D eigenvalue weighted by atomic mass is 19.1. The molecule has 0 saturated heterocycles. The van der Waals surface area contributed by atoms with E-state index in [0.29, 0.717) is 31.2 Å². The van der Waals surface area contributed by atoms with Crippen LogP contribution in [0.2, 0.25) is 0 Å². The zero-order valence-electron chi connectivity index (χ0n) is 16.6. The maximum Gasteiger partial charge on any atom is 0.231 e. The van der Waals surface area contributed by atoms with Gasteiger partial charge in [0.15, 0.2) is 17.5 Å². The number of guanidine groups is 1. The van der Waals surface area contributed by atoms with Gasteiger partial charge in [0.1, 0.15) is 5.82 Å². The third-order valence-corrected chi connectivity index (χ3v) is 4.26. The molecule has 0 amide bonds. The molecule has 0 radical (unpaired) electrons. The van der Waals surface area contributed by atoms with Gasteiger partial charge in [-0.2, -0.15) is 0 Å². The van der Waals surface area contributed by atoms with Gasteiger partial charge in [-0.25, -0.2) is 9.38 Å². The molecule has 150 valence electrons. The van der Waals surface area contributed by atoms with Crippen LogP contribution >= 0.6 is 0 Å². The van der Waals surface area contributed by atoms with Crippen molar-refractivity contribution in [3.63, 3.8) is 0 Å². The first-order chi connectivity index (χ1) is 13.5. The Hall–Kier alpha value is -2.80. The fourth-order valence-corrected chi connectivity index (χ4v) is 2.94. The quantitative estimate of drug-likeness (QED) is 0.566. The highest BCUT2D eigenvalue weighted by Crippen LogP contribution is 2.32. The minimum atomic E-state index is -0.186. The van der Waals surface area contributed by atoms with Crippen LogP contribution in [0.4, 0.5) is 4.39 Å². The van der Waals surface area contributed by atoms with E-state index in [1.165, 1.54) is 6.07 Å². The first-order valence-electron chi connectivity index (χ1n) is 9.38. The van der Waals surface area contributed by atoms with Crippen LogP contribution in [0.5, 0.6) is 11.5 Å². The Bertz CT molecular complexity index is 839. The van der Waals surface area contributed by atoms with Crippen molar-refractivity contribution in [2.24, 2.45) is 4.99 Å². The molecule has 28 heavy (non-hydrogen) atoms. The van der Waals surface area contributed by atoms with E-state index in [9.17, 15) is 4.39 Å². The van der Waals surface area contributed by atoms with Crippen molar-refractivity contribution in [1.82, 2.24) is 15.5 Å². The van der Waals surface area contributed by atoms with Gasteiger partial charge >= 0.3 is 0 Å². The number of fused-ring (bicyclic) bond motifs is 1. The Kier molecular flexibility index (Phi) is 6.71. The zero-order valence-corrected chi connectivity index (χ0v) is 16.6. The lowest BCUT2D eigenvalue weighted by atomic mass is 10.1. The lowest BCUT2D eigenvalue weighted by Gasteiger charge is -2.13. The number of nitrogens with zero attached hydrogens (tertiary/aromatic N) is 2. The van der Waals surface area contributed by atoms with E-state index < -0.39 is 0 Å². The second kappa shape index (κ2) is 9.41. The number of hydrogen-bond acceptors (Lipinski definition) is 4. The van der Waals surface area contributed by atoms with E-state index >= 15 is 0 Å².